The van der Waals surface area contributed by atoms with E-state index in [-0.39, 0.29) is 11.7 Å². The lowest BCUT2D eigenvalue weighted by atomic mass is 9.81. The molecule has 1 unspecified atom stereocenters. The number of nitrogens with two attached hydrogens (primary N) is 1. The number of ether oxygens (including phenoxy) is 2. The van der Waals surface area contributed by atoms with Crippen molar-refractivity contribution in [3.8, 4) is 0 Å². The van der Waals surface area contributed by atoms with Gasteiger partial charge in [0.1, 0.15) is 11.2 Å². The lowest BCUT2D eigenvalue weighted by Gasteiger charge is -2.49. The number of hydrogen-bond donors (Lipinski definition) is 1. The maximum absolute atomic E-state index is 11.8. The van der Waals surface area contributed by atoms with E-state index >= 15 is 0 Å². The molecular formula is C12H22N2O3. The molecule has 0 saturated carbocycles. The highest BCUT2D eigenvalue weighted by atomic mass is 16.6. The molecule has 5 nitrogen and oxygen atoms in total. The molecule has 2 aliphatic rings. The number of carbonyl (C=O) groups excluding carboxylic acids is 1. The Morgan fingerprint density at radius 3 is 2.71 bits per heavy atom. The van der Waals surface area contributed by atoms with Crippen LogP contribution in [-0.4, -0.2) is 48.4 Å². The van der Waals surface area contributed by atoms with Crippen LogP contribution in [0.4, 0.5) is 4.79 Å². The minimum atomic E-state index is -0.441. The fourth-order valence-corrected chi connectivity index (χ4v) is 2.52. The van der Waals surface area contributed by atoms with Crippen molar-refractivity contribution in [2.24, 2.45) is 11.7 Å². The van der Waals surface area contributed by atoms with Gasteiger partial charge in [-0.3, -0.25) is 0 Å². The van der Waals surface area contributed by atoms with E-state index < -0.39 is 5.60 Å². The van der Waals surface area contributed by atoms with Crippen LogP contribution in [0.5, 0.6) is 0 Å². The first kappa shape index (κ1) is 12.6. The minimum Gasteiger partial charge on any atom is -0.444 e. The van der Waals surface area contributed by atoms with E-state index in [0.29, 0.717) is 25.6 Å². The van der Waals surface area contributed by atoms with Crippen molar-refractivity contribution in [2.45, 2.75) is 38.4 Å². The Morgan fingerprint density at radius 1 is 1.53 bits per heavy atom. The molecule has 2 rings (SSSR count). The van der Waals surface area contributed by atoms with E-state index in [1.165, 1.54) is 0 Å². The Balaban J connectivity index is 1.88. The molecule has 2 saturated heterocycles. The van der Waals surface area contributed by atoms with Gasteiger partial charge in [-0.2, -0.15) is 0 Å². The second-order valence-electron chi connectivity index (χ2n) is 5.97. The Labute approximate surface area is 102 Å². The summed E-state index contributed by atoms with van der Waals surface area (Å²) >= 11 is 0. The van der Waals surface area contributed by atoms with Crippen LogP contribution in [0.25, 0.3) is 0 Å². The average Bonchev–Trinajstić information content (AvgIpc) is 2.55. The Kier molecular flexibility index (Phi) is 3.08. The SMILES string of the molecule is CC(C)(C)OC(=O)N1CC2(C1)OCCC2CN. The van der Waals surface area contributed by atoms with E-state index in [0.717, 1.165) is 13.0 Å². The predicted octanol–water partition coefficient (Wildman–Crippen LogP) is 0.971. The van der Waals surface area contributed by atoms with Gasteiger partial charge in [-0.05, 0) is 33.7 Å². The maximum Gasteiger partial charge on any atom is 0.410 e. The van der Waals surface area contributed by atoms with Crippen molar-refractivity contribution < 1.29 is 14.3 Å². The molecule has 0 aromatic carbocycles. The van der Waals surface area contributed by atoms with Gasteiger partial charge in [0.2, 0.25) is 0 Å². The second-order valence-corrected chi connectivity index (χ2v) is 5.97. The lowest BCUT2D eigenvalue weighted by Crippen LogP contribution is -2.67. The van der Waals surface area contributed by atoms with Crippen molar-refractivity contribution in [3.05, 3.63) is 0 Å². The number of hydrogen-bond acceptors (Lipinski definition) is 4. The second kappa shape index (κ2) is 4.14. The van der Waals surface area contributed by atoms with Crippen LogP contribution in [0, 0.1) is 5.92 Å². The standard InChI is InChI=1S/C12H22N2O3/c1-11(2,3)17-10(15)14-7-12(8-14)9(6-13)4-5-16-12/h9H,4-8,13H2,1-3H3. The normalized spacial score (nSPS) is 27.1. The number of amides is 1. The number of carbonyl (C=O) groups is 1. The fraction of sp³-hybridized carbons (Fsp3) is 0.917. The van der Waals surface area contributed by atoms with Gasteiger partial charge in [0.05, 0.1) is 13.1 Å². The van der Waals surface area contributed by atoms with Crippen LogP contribution in [0.1, 0.15) is 27.2 Å². The van der Waals surface area contributed by atoms with Gasteiger partial charge in [0, 0.05) is 12.5 Å². The first-order chi connectivity index (χ1) is 7.86. The average molecular weight is 242 g/mol. The fourth-order valence-electron chi connectivity index (χ4n) is 2.52. The third kappa shape index (κ3) is 2.40. The molecular weight excluding hydrogens is 220 g/mol. The highest BCUT2D eigenvalue weighted by molar-refractivity contribution is 5.69. The van der Waals surface area contributed by atoms with Crippen LogP contribution < -0.4 is 5.73 Å². The van der Waals surface area contributed by atoms with E-state index in [1.807, 2.05) is 20.8 Å². The summed E-state index contributed by atoms with van der Waals surface area (Å²) in [5.74, 6) is 0.376. The zero-order valence-electron chi connectivity index (χ0n) is 10.9. The van der Waals surface area contributed by atoms with Gasteiger partial charge >= 0.3 is 6.09 Å². The molecule has 1 spiro atoms. The van der Waals surface area contributed by atoms with Crippen molar-refractivity contribution in [2.75, 3.05) is 26.2 Å². The molecule has 2 aliphatic heterocycles. The summed E-state index contributed by atoms with van der Waals surface area (Å²) in [5.41, 5.74) is 5.10. The first-order valence-electron chi connectivity index (χ1n) is 6.18. The van der Waals surface area contributed by atoms with Gasteiger partial charge < -0.3 is 20.1 Å². The van der Waals surface area contributed by atoms with Gasteiger partial charge in [0.25, 0.3) is 0 Å². The van der Waals surface area contributed by atoms with Crippen molar-refractivity contribution in [3.63, 3.8) is 0 Å². The summed E-state index contributed by atoms with van der Waals surface area (Å²) in [6.07, 6.45) is 0.743. The number of nitrogens with zero attached hydrogens (tertiary/aromatic N) is 1. The predicted molar refractivity (Wildman–Crippen MR) is 63.7 cm³/mol. The minimum absolute atomic E-state index is 0.189. The summed E-state index contributed by atoms with van der Waals surface area (Å²) in [5, 5.41) is 0. The molecule has 0 bridgehead atoms. The van der Waals surface area contributed by atoms with Crippen LogP contribution >= 0.6 is 0 Å². The van der Waals surface area contributed by atoms with Gasteiger partial charge in [0.15, 0.2) is 0 Å². The first-order valence-corrected chi connectivity index (χ1v) is 6.18. The molecule has 2 fully saturated rings. The van der Waals surface area contributed by atoms with Gasteiger partial charge in [-0.15, -0.1) is 0 Å². The third-order valence-corrected chi connectivity index (χ3v) is 3.45. The third-order valence-electron chi connectivity index (χ3n) is 3.45. The van der Waals surface area contributed by atoms with E-state index in [4.69, 9.17) is 15.2 Å². The summed E-state index contributed by atoms with van der Waals surface area (Å²) in [6, 6.07) is 0. The molecule has 17 heavy (non-hydrogen) atoms. The van der Waals surface area contributed by atoms with Gasteiger partial charge in [-0.25, -0.2) is 4.79 Å². The molecule has 0 radical (unpaired) electrons. The zero-order valence-corrected chi connectivity index (χ0v) is 10.9. The van der Waals surface area contributed by atoms with Crippen molar-refractivity contribution in [1.82, 2.24) is 4.90 Å². The molecule has 5 heteroatoms. The van der Waals surface area contributed by atoms with E-state index in [1.54, 1.807) is 4.90 Å². The lowest BCUT2D eigenvalue weighted by molar-refractivity contribution is -0.127. The Morgan fingerprint density at radius 2 is 2.18 bits per heavy atom. The molecule has 1 amide bonds. The molecule has 98 valence electrons. The molecule has 0 aliphatic carbocycles. The molecule has 0 aromatic heterocycles. The summed E-state index contributed by atoms with van der Waals surface area (Å²) < 4.78 is 11.1. The Hall–Kier alpha value is -0.810. The van der Waals surface area contributed by atoms with Crippen LogP contribution in [0.3, 0.4) is 0 Å². The maximum atomic E-state index is 11.8. The largest absolute Gasteiger partial charge is 0.444 e. The van der Waals surface area contributed by atoms with Crippen LogP contribution in [-0.2, 0) is 9.47 Å². The number of rotatable bonds is 1. The highest BCUT2D eigenvalue weighted by Gasteiger charge is 2.54. The molecule has 2 heterocycles. The van der Waals surface area contributed by atoms with Crippen LogP contribution in [0.15, 0.2) is 0 Å². The Bertz CT molecular complexity index is 305. The summed E-state index contributed by atoms with van der Waals surface area (Å²) in [4.78, 5) is 13.5. The summed E-state index contributed by atoms with van der Waals surface area (Å²) in [7, 11) is 0. The molecule has 2 N–H and O–H groups in total. The monoisotopic (exact) mass is 242 g/mol. The van der Waals surface area contributed by atoms with Crippen molar-refractivity contribution >= 4 is 6.09 Å². The van der Waals surface area contributed by atoms with Crippen molar-refractivity contribution in [1.29, 1.82) is 0 Å². The van der Waals surface area contributed by atoms with E-state index in [2.05, 4.69) is 0 Å². The van der Waals surface area contributed by atoms with E-state index in [9.17, 15) is 4.79 Å². The summed E-state index contributed by atoms with van der Waals surface area (Å²) in [6.45, 7) is 8.22. The number of likely N-dealkylation sites (tertiary alicyclic amines) is 1. The molecule has 0 aromatic rings. The highest BCUT2D eigenvalue weighted by Crippen LogP contribution is 2.39. The zero-order chi connectivity index (χ0) is 12.7. The van der Waals surface area contributed by atoms with Gasteiger partial charge in [-0.1, -0.05) is 0 Å². The van der Waals surface area contributed by atoms with Crippen LogP contribution in [0.2, 0.25) is 0 Å². The molecule has 1 atom stereocenters. The smallest absolute Gasteiger partial charge is 0.410 e. The quantitative estimate of drug-likeness (QED) is 0.744. The topological polar surface area (TPSA) is 64.8 Å².